The molecular formula is C9H16O3. The second-order valence-electron chi connectivity index (χ2n) is 3.80. The molecular weight excluding hydrogens is 156 g/mol. The van der Waals surface area contributed by atoms with Gasteiger partial charge in [0.25, 0.3) is 0 Å². The monoisotopic (exact) mass is 172 g/mol. The van der Waals surface area contributed by atoms with Crippen LogP contribution in [-0.2, 0) is 9.59 Å². The van der Waals surface area contributed by atoms with Crippen LogP contribution in [0.15, 0.2) is 0 Å². The molecule has 0 saturated carbocycles. The van der Waals surface area contributed by atoms with Gasteiger partial charge in [-0.3, -0.25) is 9.59 Å². The van der Waals surface area contributed by atoms with Gasteiger partial charge >= 0.3 is 5.97 Å². The number of carboxylic acids is 1. The molecule has 0 aliphatic rings. The van der Waals surface area contributed by atoms with Crippen molar-refractivity contribution in [1.82, 2.24) is 0 Å². The van der Waals surface area contributed by atoms with E-state index in [9.17, 15) is 9.59 Å². The Morgan fingerprint density at radius 2 is 1.75 bits per heavy atom. The summed E-state index contributed by atoms with van der Waals surface area (Å²) in [6.07, 6.45) is 0.900. The lowest BCUT2D eigenvalue weighted by molar-refractivity contribution is -0.139. The van der Waals surface area contributed by atoms with E-state index < -0.39 is 11.4 Å². The van der Waals surface area contributed by atoms with E-state index in [0.29, 0.717) is 12.8 Å². The van der Waals surface area contributed by atoms with Crippen LogP contribution in [0.5, 0.6) is 0 Å². The number of rotatable bonds is 5. The Morgan fingerprint density at radius 3 is 2.08 bits per heavy atom. The first-order valence-corrected chi connectivity index (χ1v) is 4.11. The number of aliphatic carboxylic acids is 1. The van der Waals surface area contributed by atoms with Gasteiger partial charge in [-0.1, -0.05) is 20.8 Å². The molecule has 0 unspecified atom stereocenters. The zero-order valence-electron chi connectivity index (χ0n) is 7.89. The molecule has 0 aliphatic carbocycles. The van der Waals surface area contributed by atoms with E-state index in [4.69, 9.17) is 5.11 Å². The highest BCUT2D eigenvalue weighted by molar-refractivity contribution is 5.79. The Labute approximate surface area is 72.8 Å². The van der Waals surface area contributed by atoms with Crippen LogP contribution < -0.4 is 0 Å². The molecule has 0 fully saturated rings. The van der Waals surface area contributed by atoms with Crippen molar-refractivity contribution in [2.75, 3.05) is 0 Å². The summed E-state index contributed by atoms with van der Waals surface area (Å²) in [6.45, 7) is 5.39. The predicted molar refractivity (Wildman–Crippen MR) is 45.9 cm³/mol. The molecule has 0 saturated heterocycles. The topological polar surface area (TPSA) is 54.4 Å². The smallest absolute Gasteiger partial charge is 0.303 e. The van der Waals surface area contributed by atoms with Crippen LogP contribution >= 0.6 is 0 Å². The van der Waals surface area contributed by atoms with E-state index in [-0.39, 0.29) is 12.2 Å². The van der Waals surface area contributed by atoms with Crippen LogP contribution in [0.25, 0.3) is 0 Å². The van der Waals surface area contributed by atoms with Crippen LogP contribution in [0.3, 0.4) is 0 Å². The highest BCUT2D eigenvalue weighted by Crippen LogP contribution is 2.25. The van der Waals surface area contributed by atoms with Gasteiger partial charge in [0.15, 0.2) is 0 Å². The first kappa shape index (κ1) is 11.1. The van der Waals surface area contributed by atoms with Crippen molar-refractivity contribution in [3.63, 3.8) is 0 Å². The SMILES string of the molecule is CCC(=O)CC(C)(C)CC(=O)O. The predicted octanol–water partition coefficient (Wildman–Crippen LogP) is 1.86. The third-order valence-corrected chi connectivity index (χ3v) is 1.70. The molecule has 0 radical (unpaired) electrons. The molecule has 3 heteroatoms. The number of Topliss-reactive ketones (excluding diaryl/α,β-unsaturated/α-hetero) is 1. The van der Waals surface area contributed by atoms with Gasteiger partial charge < -0.3 is 5.11 Å². The minimum Gasteiger partial charge on any atom is -0.481 e. The van der Waals surface area contributed by atoms with Crippen LogP contribution in [0.1, 0.15) is 40.0 Å². The Bertz CT molecular complexity index is 182. The van der Waals surface area contributed by atoms with Gasteiger partial charge in [-0.05, 0) is 5.41 Å². The zero-order valence-corrected chi connectivity index (χ0v) is 7.89. The zero-order chi connectivity index (χ0) is 9.78. The minimum absolute atomic E-state index is 0.0543. The number of ketones is 1. The van der Waals surface area contributed by atoms with Crippen molar-refractivity contribution in [2.45, 2.75) is 40.0 Å². The maximum Gasteiger partial charge on any atom is 0.303 e. The number of carbonyl (C=O) groups is 2. The second kappa shape index (κ2) is 4.24. The van der Waals surface area contributed by atoms with Crippen LogP contribution in [0, 0.1) is 5.41 Å². The molecule has 0 rings (SSSR count). The fourth-order valence-electron chi connectivity index (χ4n) is 1.13. The molecule has 0 atom stereocenters. The molecule has 0 aliphatic heterocycles. The lowest BCUT2D eigenvalue weighted by atomic mass is 9.83. The van der Waals surface area contributed by atoms with E-state index >= 15 is 0 Å². The molecule has 0 amide bonds. The molecule has 0 heterocycles. The molecule has 0 aromatic carbocycles. The second-order valence-corrected chi connectivity index (χ2v) is 3.80. The molecule has 0 aromatic heterocycles. The van der Waals surface area contributed by atoms with E-state index in [0.717, 1.165) is 0 Å². The molecule has 0 aromatic rings. The Balaban J connectivity index is 4.03. The van der Waals surface area contributed by atoms with Gasteiger partial charge in [-0.15, -0.1) is 0 Å². The summed E-state index contributed by atoms with van der Waals surface area (Å²) in [5.74, 6) is -0.717. The van der Waals surface area contributed by atoms with E-state index in [1.54, 1.807) is 20.8 Å². The largest absolute Gasteiger partial charge is 0.481 e. The first-order chi connectivity index (χ1) is 5.37. The van der Waals surface area contributed by atoms with Gasteiger partial charge in [0.05, 0.1) is 6.42 Å². The molecule has 0 bridgehead atoms. The van der Waals surface area contributed by atoms with Gasteiger partial charge in [-0.25, -0.2) is 0 Å². The Kier molecular flexibility index (Phi) is 3.93. The fraction of sp³-hybridized carbons (Fsp3) is 0.778. The summed E-state index contributed by atoms with van der Waals surface area (Å²) in [5.41, 5.74) is -0.404. The van der Waals surface area contributed by atoms with Gasteiger partial charge in [0.2, 0.25) is 0 Å². The third-order valence-electron chi connectivity index (χ3n) is 1.70. The molecule has 12 heavy (non-hydrogen) atoms. The van der Waals surface area contributed by atoms with Crippen LogP contribution in [0.4, 0.5) is 0 Å². The van der Waals surface area contributed by atoms with Gasteiger partial charge in [-0.2, -0.15) is 0 Å². The highest BCUT2D eigenvalue weighted by Gasteiger charge is 2.24. The number of carbonyl (C=O) groups excluding carboxylic acids is 1. The average Bonchev–Trinajstić information content (AvgIpc) is 1.83. The Hall–Kier alpha value is -0.860. The van der Waals surface area contributed by atoms with Crippen molar-refractivity contribution in [1.29, 1.82) is 0 Å². The van der Waals surface area contributed by atoms with E-state index in [1.165, 1.54) is 0 Å². The number of carboxylic acid groups (broad SMARTS) is 1. The van der Waals surface area contributed by atoms with Crippen molar-refractivity contribution >= 4 is 11.8 Å². The fourth-order valence-corrected chi connectivity index (χ4v) is 1.13. The molecule has 0 spiro atoms. The quantitative estimate of drug-likeness (QED) is 0.688. The summed E-state index contributed by atoms with van der Waals surface area (Å²) in [4.78, 5) is 21.4. The van der Waals surface area contributed by atoms with Gasteiger partial charge in [0.1, 0.15) is 5.78 Å². The summed E-state index contributed by atoms with van der Waals surface area (Å²) >= 11 is 0. The van der Waals surface area contributed by atoms with Crippen molar-refractivity contribution in [2.24, 2.45) is 5.41 Å². The lowest BCUT2D eigenvalue weighted by Gasteiger charge is -2.20. The number of hydrogen-bond acceptors (Lipinski definition) is 2. The van der Waals surface area contributed by atoms with Crippen molar-refractivity contribution in [3.8, 4) is 0 Å². The minimum atomic E-state index is -0.844. The molecule has 1 N–H and O–H groups in total. The summed E-state index contributed by atoms with van der Waals surface area (Å²) < 4.78 is 0. The molecule has 3 nitrogen and oxygen atoms in total. The van der Waals surface area contributed by atoms with Crippen LogP contribution in [0.2, 0.25) is 0 Å². The van der Waals surface area contributed by atoms with E-state index in [1.807, 2.05) is 0 Å². The summed E-state index contributed by atoms with van der Waals surface area (Å²) in [7, 11) is 0. The normalized spacial score (nSPS) is 11.2. The molecule has 70 valence electrons. The first-order valence-electron chi connectivity index (χ1n) is 4.11. The lowest BCUT2D eigenvalue weighted by Crippen LogP contribution is -2.20. The average molecular weight is 172 g/mol. The van der Waals surface area contributed by atoms with Crippen LogP contribution in [-0.4, -0.2) is 16.9 Å². The maximum absolute atomic E-state index is 11.0. The standard InChI is InChI=1S/C9H16O3/c1-4-7(10)5-9(2,3)6-8(11)12/h4-6H2,1-3H3,(H,11,12). The number of hydrogen-bond donors (Lipinski definition) is 1. The Morgan fingerprint density at radius 1 is 1.25 bits per heavy atom. The maximum atomic E-state index is 11.0. The summed E-state index contributed by atoms with van der Waals surface area (Å²) in [6, 6.07) is 0. The van der Waals surface area contributed by atoms with Gasteiger partial charge in [0, 0.05) is 12.8 Å². The third kappa shape index (κ3) is 4.88. The van der Waals surface area contributed by atoms with Crippen molar-refractivity contribution in [3.05, 3.63) is 0 Å². The highest BCUT2D eigenvalue weighted by atomic mass is 16.4. The van der Waals surface area contributed by atoms with Crippen molar-refractivity contribution < 1.29 is 14.7 Å². The summed E-state index contributed by atoms with van der Waals surface area (Å²) in [5, 5.41) is 8.52. The van der Waals surface area contributed by atoms with E-state index in [2.05, 4.69) is 0 Å².